The maximum atomic E-state index is 12.5. The van der Waals surface area contributed by atoms with Crippen molar-refractivity contribution in [3.8, 4) is 5.75 Å². The van der Waals surface area contributed by atoms with Crippen molar-refractivity contribution in [2.75, 3.05) is 18.9 Å². The normalized spacial score (nSPS) is 13.0. The maximum absolute atomic E-state index is 12.5. The van der Waals surface area contributed by atoms with Gasteiger partial charge < -0.3 is 14.3 Å². The van der Waals surface area contributed by atoms with Crippen LogP contribution in [0.3, 0.4) is 0 Å². The van der Waals surface area contributed by atoms with Gasteiger partial charge in [0.2, 0.25) is 0 Å². The van der Waals surface area contributed by atoms with E-state index in [1.165, 1.54) is 13.8 Å². The Bertz CT molecular complexity index is 700. The number of nitrogens with one attached hydrogen (secondary N) is 1. The lowest BCUT2D eigenvalue weighted by Gasteiger charge is -2.17. The zero-order valence-corrected chi connectivity index (χ0v) is 13.7. The van der Waals surface area contributed by atoms with Gasteiger partial charge in [0.15, 0.2) is 0 Å². The zero-order chi connectivity index (χ0) is 16.2. The molecule has 0 heterocycles. The smallest absolute Gasteiger partial charge is 0.338 e. The first-order valence-electron chi connectivity index (χ1n) is 6.39. The van der Waals surface area contributed by atoms with Crippen molar-refractivity contribution in [2.24, 2.45) is 0 Å². The molecule has 116 valence electrons. The number of esters is 1. The summed E-state index contributed by atoms with van der Waals surface area (Å²) in [7, 11) is -1.79. The van der Waals surface area contributed by atoms with Crippen LogP contribution < -0.4 is 9.61 Å². The lowest BCUT2D eigenvalue weighted by molar-refractivity contribution is 0.0601. The zero-order valence-electron chi connectivity index (χ0n) is 12.1. The molecule has 2 aromatic rings. The minimum atomic E-state index is -3.11. The first-order chi connectivity index (χ1) is 10.4. The number of carbonyl (C=O) groups excluding carboxylic acids is 1. The summed E-state index contributed by atoms with van der Waals surface area (Å²) in [6, 6.07) is 13.0. The Morgan fingerprint density at radius 3 is 2.23 bits per heavy atom. The number of methoxy groups -OCH3 is 1. The maximum Gasteiger partial charge on any atom is 0.338 e. The van der Waals surface area contributed by atoms with E-state index in [0.717, 1.165) is 0 Å². The Hall–Kier alpha value is -1.97. The third-order valence-electron chi connectivity index (χ3n) is 2.73. The number of benzene rings is 2. The SMILES string of the molecule is COC(=O)c1ccc(NP(C)(=O)Oc2ccc(Cl)cc2)cc1. The van der Waals surface area contributed by atoms with Crippen LogP contribution in [0.2, 0.25) is 5.02 Å². The summed E-state index contributed by atoms with van der Waals surface area (Å²) in [5.41, 5.74) is 0.991. The van der Waals surface area contributed by atoms with Crippen LogP contribution >= 0.6 is 19.1 Å². The molecule has 0 aliphatic rings. The highest BCUT2D eigenvalue weighted by Gasteiger charge is 2.17. The third-order valence-corrected chi connectivity index (χ3v) is 4.21. The number of carbonyl (C=O) groups is 1. The molecule has 0 spiro atoms. The van der Waals surface area contributed by atoms with E-state index in [2.05, 4.69) is 9.82 Å². The summed E-state index contributed by atoms with van der Waals surface area (Å²) >= 11 is 5.79. The summed E-state index contributed by atoms with van der Waals surface area (Å²) in [6.07, 6.45) is 0. The minimum absolute atomic E-state index is 0.414. The van der Waals surface area contributed by atoms with Crippen molar-refractivity contribution in [2.45, 2.75) is 0 Å². The van der Waals surface area contributed by atoms with Crippen molar-refractivity contribution in [1.29, 1.82) is 0 Å². The van der Waals surface area contributed by atoms with Crippen LogP contribution in [0.5, 0.6) is 5.75 Å². The molecule has 0 saturated heterocycles. The van der Waals surface area contributed by atoms with Crippen molar-refractivity contribution in [3.05, 3.63) is 59.1 Å². The standard InChI is InChI=1S/C15H15ClNO4P/c1-20-15(18)11-3-7-13(8-4-11)17-22(2,19)21-14-9-5-12(16)6-10-14/h3-10H,1-2H3,(H,17,19). The van der Waals surface area contributed by atoms with Gasteiger partial charge in [0.1, 0.15) is 5.75 Å². The Morgan fingerprint density at radius 1 is 1.09 bits per heavy atom. The van der Waals surface area contributed by atoms with Gasteiger partial charge in [-0.25, -0.2) is 4.79 Å². The van der Waals surface area contributed by atoms with Crippen LogP contribution in [0.4, 0.5) is 5.69 Å². The van der Waals surface area contributed by atoms with Crippen LogP contribution in [0.15, 0.2) is 48.5 Å². The van der Waals surface area contributed by atoms with Crippen molar-refractivity contribution >= 4 is 30.8 Å². The molecule has 0 radical (unpaired) electrons. The van der Waals surface area contributed by atoms with Gasteiger partial charge in [0, 0.05) is 17.4 Å². The third kappa shape index (κ3) is 4.52. The molecule has 0 saturated carbocycles. The number of rotatable bonds is 5. The molecule has 1 unspecified atom stereocenters. The first-order valence-corrected chi connectivity index (χ1v) is 8.84. The molecular formula is C15H15ClNO4P. The first kappa shape index (κ1) is 16.4. The van der Waals surface area contributed by atoms with Crippen LogP contribution in [0.25, 0.3) is 0 Å². The van der Waals surface area contributed by atoms with Gasteiger partial charge in [-0.3, -0.25) is 4.57 Å². The molecule has 22 heavy (non-hydrogen) atoms. The summed E-state index contributed by atoms with van der Waals surface area (Å²) in [5, 5.41) is 3.39. The molecule has 0 aliphatic heterocycles. The van der Waals surface area contributed by atoms with E-state index in [4.69, 9.17) is 16.1 Å². The van der Waals surface area contributed by atoms with Gasteiger partial charge in [-0.05, 0) is 48.5 Å². The highest BCUT2D eigenvalue weighted by Crippen LogP contribution is 2.43. The summed E-state index contributed by atoms with van der Waals surface area (Å²) < 4.78 is 22.5. The topological polar surface area (TPSA) is 64.6 Å². The quantitative estimate of drug-likeness (QED) is 0.644. The lowest BCUT2D eigenvalue weighted by atomic mass is 10.2. The van der Waals surface area contributed by atoms with Crippen molar-refractivity contribution in [3.63, 3.8) is 0 Å². The van der Waals surface area contributed by atoms with Gasteiger partial charge in [0.05, 0.1) is 12.7 Å². The fourth-order valence-electron chi connectivity index (χ4n) is 1.75. The molecule has 1 N–H and O–H groups in total. The second-order valence-electron chi connectivity index (χ2n) is 4.57. The van der Waals surface area contributed by atoms with Crippen LogP contribution in [-0.4, -0.2) is 19.7 Å². The van der Waals surface area contributed by atoms with Gasteiger partial charge in [-0.1, -0.05) is 11.6 Å². The fourth-order valence-corrected chi connectivity index (χ4v) is 3.07. The minimum Gasteiger partial charge on any atom is -0.465 e. The largest absolute Gasteiger partial charge is 0.465 e. The highest BCUT2D eigenvalue weighted by atomic mass is 35.5. The summed E-state index contributed by atoms with van der Waals surface area (Å²) in [6.45, 7) is 1.47. The summed E-state index contributed by atoms with van der Waals surface area (Å²) in [4.78, 5) is 11.3. The second kappa shape index (κ2) is 6.86. The van der Waals surface area contributed by atoms with Crippen molar-refractivity contribution < 1.29 is 18.6 Å². The monoisotopic (exact) mass is 339 g/mol. The lowest BCUT2D eigenvalue weighted by Crippen LogP contribution is -2.04. The number of hydrogen-bond acceptors (Lipinski definition) is 4. The van der Waals surface area contributed by atoms with Gasteiger partial charge in [0.25, 0.3) is 0 Å². The van der Waals surface area contributed by atoms with E-state index < -0.39 is 13.5 Å². The number of hydrogen-bond donors (Lipinski definition) is 1. The van der Waals surface area contributed by atoms with E-state index in [0.29, 0.717) is 22.0 Å². The molecule has 0 bridgehead atoms. The number of anilines is 1. The molecule has 7 heteroatoms. The number of halogens is 1. The molecule has 0 fully saturated rings. The second-order valence-corrected chi connectivity index (χ2v) is 7.11. The molecule has 0 aliphatic carbocycles. The predicted octanol–water partition coefficient (Wildman–Crippen LogP) is 4.44. The number of ether oxygens (including phenoxy) is 1. The predicted molar refractivity (Wildman–Crippen MR) is 87.0 cm³/mol. The Kier molecular flexibility index (Phi) is 5.11. The van der Waals surface area contributed by atoms with E-state index in [1.54, 1.807) is 48.5 Å². The van der Waals surface area contributed by atoms with Crippen LogP contribution in [-0.2, 0) is 9.30 Å². The summed E-state index contributed by atoms with van der Waals surface area (Å²) in [5.74, 6) is 0.0255. The van der Waals surface area contributed by atoms with Gasteiger partial charge >= 0.3 is 13.5 Å². The van der Waals surface area contributed by atoms with E-state index in [-0.39, 0.29) is 0 Å². The molecule has 0 amide bonds. The van der Waals surface area contributed by atoms with E-state index in [1.807, 2.05) is 0 Å². The van der Waals surface area contributed by atoms with Crippen molar-refractivity contribution in [1.82, 2.24) is 0 Å². The average Bonchev–Trinajstić information content (AvgIpc) is 2.49. The van der Waals surface area contributed by atoms with Gasteiger partial charge in [-0.2, -0.15) is 0 Å². The molecular weight excluding hydrogens is 325 g/mol. The fraction of sp³-hybridized carbons (Fsp3) is 0.133. The molecule has 2 rings (SSSR count). The van der Waals surface area contributed by atoms with Crippen LogP contribution in [0.1, 0.15) is 10.4 Å². The molecule has 1 atom stereocenters. The molecule has 5 nitrogen and oxygen atoms in total. The average molecular weight is 340 g/mol. The molecule has 0 aromatic heterocycles. The van der Waals surface area contributed by atoms with E-state index in [9.17, 15) is 9.36 Å². The Balaban J connectivity index is 2.06. The van der Waals surface area contributed by atoms with Gasteiger partial charge in [-0.15, -0.1) is 0 Å². The Labute approximate surface area is 133 Å². The highest BCUT2D eigenvalue weighted by molar-refractivity contribution is 7.60. The molecule has 2 aromatic carbocycles. The Morgan fingerprint density at radius 2 is 1.68 bits per heavy atom. The van der Waals surface area contributed by atoms with E-state index >= 15 is 0 Å². The van der Waals surface area contributed by atoms with Crippen LogP contribution in [0, 0.1) is 0 Å².